The molecule has 0 saturated heterocycles. The predicted octanol–water partition coefficient (Wildman–Crippen LogP) is 2.09. The van der Waals surface area contributed by atoms with Gasteiger partial charge in [0.15, 0.2) is 0 Å². The van der Waals surface area contributed by atoms with Crippen LogP contribution in [0.5, 0.6) is 0 Å². The fraction of sp³-hybridized carbons (Fsp3) is 0.833. The zero-order valence-electron chi connectivity index (χ0n) is 11.7. The standard InChI is InChI=1S/C10H15F2NO2.C2HF3O2/c1-2-15-7(14)9(13)3-8(4-9)5-10(11,12)6-8;3-2(4,5)1(6)7/h2-6,13H2,1H3;(H,6,7). The number of carbonyl (C=O) groups excluding carboxylic acids is 1. The Morgan fingerprint density at radius 1 is 1.18 bits per heavy atom. The van der Waals surface area contributed by atoms with Gasteiger partial charge in [-0.2, -0.15) is 13.2 Å². The Hall–Kier alpha value is -1.45. The van der Waals surface area contributed by atoms with Crippen LogP contribution in [0.25, 0.3) is 0 Å². The molecule has 0 heterocycles. The van der Waals surface area contributed by atoms with Gasteiger partial charge in [0.2, 0.25) is 5.92 Å². The van der Waals surface area contributed by atoms with Crippen molar-refractivity contribution >= 4 is 11.9 Å². The molecule has 0 aliphatic heterocycles. The molecule has 2 fully saturated rings. The lowest BCUT2D eigenvalue weighted by Gasteiger charge is -2.60. The predicted molar refractivity (Wildman–Crippen MR) is 63.1 cm³/mol. The Kier molecular flexibility index (Phi) is 4.76. The van der Waals surface area contributed by atoms with Gasteiger partial charge in [-0.25, -0.2) is 13.6 Å². The Bertz CT molecular complexity index is 447. The molecule has 0 aromatic heterocycles. The van der Waals surface area contributed by atoms with E-state index in [-0.39, 0.29) is 24.9 Å². The molecule has 128 valence electrons. The molecule has 2 saturated carbocycles. The van der Waals surface area contributed by atoms with Crippen molar-refractivity contribution in [3.63, 3.8) is 0 Å². The molecule has 0 amide bonds. The summed E-state index contributed by atoms with van der Waals surface area (Å²) >= 11 is 0. The van der Waals surface area contributed by atoms with Crippen molar-refractivity contribution in [1.29, 1.82) is 0 Å². The highest BCUT2D eigenvalue weighted by Crippen LogP contribution is 2.65. The van der Waals surface area contributed by atoms with E-state index < -0.39 is 29.6 Å². The average Bonchev–Trinajstić information content (AvgIpc) is 2.24. The number of carboxylic acid groups (broad SMARTS) is 1. The average molecular weight is 333 g/mol. The van der Waals surface area contributed by atoms with Gasteiger partial charge in [0.25, 0.3) is 0 Å². The lowest BCUT2D eigenvalue weighted by atomic mass is 9.47. The molecule has 0 radical (unpaired) electrons. The van der Waals surface area contributed by atoms with Crippen molar-refractivity contribution in [2.24, 2.45) is 11.1 Å². The second-order valence-electron chi connectivity index (χ2n) is 5.74. The molecule has 0 atom stereocenters. The highest BCUT2D eigenvalue weighted by atomic mass is 19.4. The Labute approximate surface area is 122 Å². The number of hydrogen-bond donors (Lipinski definition) is 2. The summed E-state index contributed by atoms with van der Waals surface area (Å²) in [7, 11) is 0. The molecule has 22 heavy (non-hydrogen) atoms. The van der Waals surface area contributed by atoms with Gasteiger partial charge < -0.3 is 15.6 Å². The fourth-order valence-electron chi connectivity index (χ4n) is 3.00. The largest absolute Gasteiger partial charge is 0.490 e. The van der Waals surface area contributed by atoms with Gasteiger partial charge in [0.05, 0.1) is 6.61 Å². The van der Waals surface area contributed by atoms with Crippen LogP contribution in [0.4, 0.5) is 22.0 Å². The molecule has 2 aliphatic rings. The molecular formula is C12H16F5NO4. The first kappa shape index (κ1) is 18.6. The quantitative estimate of drug-likeness (QED) is 0.597. The van der Waals surface area contributed by atoms with E-state index in [0.717, 1.165) is 0 Å². The molecule has 2 aliphatic carbocycles. The second kappa shape index (κ2) is 5.64. The fourth-order valence-corrected chi connectivity index (χ4v) is 3.00. The van der Waals surface area contributed by atoms with Gasteiger partial charge in [-0.3, -0.25) is 4.79 Å². The third kappa shape index (κ3) is 4.05. The minimum Gasteiger partial charge on any atom is -0.475 e. The Morgan fingerprint density at radius 3 is 1.86 bits per heavy atom. The summed E-state index contributed by atoms with van der Waals surface area (Å²) in [6.45, 7) is 1.98. The smallest absolute Gasteiger partial charge is 0.475 e. The van der Waals surface area contributed by atoms with Crippen LogP contribution in [0.2, 0.25) is 0 Å². The lowest BCUT2D eigenvalue weighted by Crippen LogP contribution is -2.68. The number of nitrogens with two attached hydrogens (primary N) is 1. The number of aliphatic carboxylic acids is 1. The van der Waals surface area contributed by atoms with E-state index >= 15 is 0 Å². The lowest BCUT2D eigenvalue weighted by molar-refractivity contribution is -0.218. The third-order valence-corrected chi connectivity index (χ3v) is 3.57. The number of rotatable bonds is 2. The maximum atomic E-state index is 12.7. The number of esters is 1. The second-order valence-corrected chi connectivity index (χ2v) is 5.74. The summed E-state index contributed by atoms with van der Waals surface area (Å²) in [5.41, 5.74) is 4.40. The number of ether oxygens (including phenoxy) is 1. The maximum absolute atomic E-state index is 12.7. The minimum atomic E-state index is -5.08. The van der Waals surface area contributed by atoms with Gasteiger partial charge in [0, 0.05) is 12.8 Å². The zero-order valence-corrected chi connectivity index (χ0v) is 11.7. The van der Waals surface area contributed by atoms with Crippen LogP contribution in [0.1, 0.15) is 32.6 Å². The highest BCUT2D eigenvalue weighted by molar-refractivity contribution is 5.82. The van der Waals surface area contributed by atoms with Crippen molar-refractivity contribution in [3.8, 4) is 0 Å². The molecule has 1 spiro atoms. The Morgan fingerprint density at radius 2 is 1.59 bits per heavy atom. The van der Waals surface area contributed by atoms with Gasteiger partial charge >= 0.3 is 18.1 Å². The summed E-state index contributed by atoms with van der Waals surface area (Å²) in [6.07, 6.45) is -4.65. The summed E-state index contributed by atoms with van der Waals surface area (Å²) < 4.78 is 61.9. The molecule has 10 heteroatoms. The van der Waals surface area contributed by atoms with Crippen molar-refractivity contribution in [1.82, 2.24) is 0 Å². The van der Waals surface area contributed by atoms with Gasteiger partial charge in [-0.15, -0.1) is 0 Å². The van der Waals surface area contributed by atoms with E-state index in [1.165, 1.54) is 0 Å². The third-order valence-electron chi connectivity index (χ3n) is 3.57. The summed E-state index contributed by atoms with van der Waals surface area (Å²) in [6, 6.07) is 0. The molecule has 0 bridgehead atoms. The first-order chi connectivity index (χ1) is 9.75. The molecule has 0 unspecified atom stereocenters. The van der Waals surface area contributed by atoms with E-state index in [9.17, 15) is 26.7 Å². The van der Waals surface area contributed by atoms with E-state index in [2.05, 4.69) is 0 Å². The molecule has 0 aromatic carbocycles. The van der Waals surface area contributed by atoms with Crippen LogP contribution >= 0.6 is 0 Å². The van der Waals surface area contributed by atoms with Gasteiger partial charge in [-0.1, -0.05) is 0 Å². The van der Waals surface area contributed by atoms with Gasteiger partial charge in [0.1, 0.15) is 5.54 Å². The van der Waals surface area contributed by atoms with Crippen molar-refractivity contribution in [2.75, 3.05) is 6.61 Å². The molecule has 3 N–H and O–H groups in total. The van der Waals surface area contributed by atoms with Crippen LogP contribution in [0, 0.1) is 5.41 Å². The molecule has 5 nitrogen and oxygen atoms in total. The van der Waals surface area contributed by atoms with Crippen LogP contribution in [0.3, 0.4) is 0 Å². The van der Waals surface area contributed by atoms with E-state index in [1.807, 2.05) is 0 Å². The van der Waals surface area contributed by atoms with Gasteiger partial charge in [-0.05, 0) is 25.2 Å². The minimum absolute atomic E-state index is 0.127. The number of hydrogen-bond acceptors (Lipinski definition) is 4. The normalized spacial score (nSPS) is 23.4. The first-order valence-electron chi connectivity index (χ1n) is 6.39. The summed E-state index contributed by atoms with van der Waals surface area (Å²) in [4.78, 5) is 20.3. The van der Waals surface area contributed by atoms with Crippen LogP contribution in [-0.2, 0) is 14.3 Å². The van der Waals surface area contributed by atoms with Crippen molar-refractivity contribution < 1.29 is 41.4 Å². The molecular weight excluding hydrogens is 317 g/mol. The highest BCUT2D eigenvalue weighted by Gasteiger charge is 2.68. The zero-order chi connectivity index (χ0) is 17.4. The number of halogens is 5. The molecule has 2 rings (SSSR count). The monoisotopic (exact) mass is 333 g/mol. The van der Waals surface area contributed by atoms with Crippen molar-refractivity contribution in [3.05, 3.63) is 0 Å². The number of carbonyl (C=O) groups is 2. The van der Waals surface area contributed by atoms with E-state index in [4.69, 9.17) is 20.4 Å². The summed E-state index contributed by atoms with van der Waals surface area (Å²) in [5.74, 6) is -5.76. The van der Waals surface area contributed by atoms with Crippen molar-refractivity contribution in [2.45, 2.75) is 50.2 Å². The Balaban J connectivity index is 0.000000295. The SMILES string of the molecule is CCOC(=O)C1(N)CC2(CC(F)(F)C2)C1.O=C(O)C(F)(F)F. The van der Waals surface area contributed by atoms with Crippen LogP contribution in [-0.4, -0.2) is 41.3 Å². The van der Waals surface area contributed by atoms with Crippen LogP contribution in [0.15, 0.2) is 0 Å². The first-order valence-corrected chi connectivity index (χ1v) is 6.39. The maximum Gasteiger partial charge on any atom is 0.490 e. The molecule has 0 aromatic rings. The number of carboxylic acids is 1. The van der Waals surface area contributed by atoms with E-state index in [0.29, 0.717) is 12.8 Å². The topological polar surface area (TPSA) is 89.6 Å². The summed E-state index contributed by atoms with van der Waals surface area (Å²) in [5, 5.41) is 7.12. The van der Waals surface area contributed by atoms with E-state index in [1.54, 1.807) is 6.92 Å². The van der Waals surface area contributed by atoms with Crippen LogP contribution < -0.4 is 5.73 Å². The number of alkyl halides is 5.